The van der Waals surface area contributed by atoms with E-state index in [1.165, 1.54) is 11.1 Å². The summed E-state index contributed by atoms with van der Waals surface area (Å²) < 4.78 is 5.46. The number of hydrogen-bond donors (Lipinski definition) is 3. The Hall–Kier alpha value is -3.35. The Morgan fingerprint density at radius 2 is 1.57 bits per heavy atom. The van der Waals surface area contributed by atoms with E-state index in [1.54, 1.807) is 6.92 Å². The average molecular weight is 410 g/mol. The molecule has 7 heteroatoms. The van der Waals surface area contributed by atoms with Gasteiger partial charge < -0.3 is 20.5 Å². The number of ether oxygens (including phenoxy) is 1. The van der Waals surface area contributed by atoms with Crippen LogP contribution < -0.4 is 10.6 Å². The molecule has 1 atom stereocenters. The van der Waals surface area contributed by atoms with E-state index in [2.05, 4.69) is 34.9 Å². The molecule has 0 spiro atoms. The topological polar surface area (TPSA) is 105 Å². The Labute approximate surface area is 175 Å². The summed E-state index contributed by atoms with van der Waals surface area (Å²) in [5.74, 6) is -1.53. The molecule has 7 nitrogen and oxygen atoms in total. The molecule has 0 heterocycles. The molecular weight excluding hydrogens is 384 g/mol. The van der Waals surface area contributed by atoms with E-state index < -0.39 is 12.1 Å². The number of rotatable bonds is 9. The molecule has 2 aromatic rings. The fourth-order valence-corrected chi connectivity index (χ4v) is 3.64. The highest BCUT2D eigenvalue weighted by atomic mass is 16.5. The van der Waals surface area contributed by atoms with Crippen molar-refractivity contribution in [3.63, 3.8) is 0 Å². The maximum Gasteiger partial charge on any atom is 0.407 e. The third-order valence-corrected chi connectivity index (χ3v) is 5.28. The number of carboxylic acids is 1. The summed E-state index contributed by atoms with van der Waals surface area (Å²) >= 11 is 0. The Kier molecular flexibility index (Phi) is 7.06. The van der Waals surface area contributed by atoms with Crippen molar-refractivity contribution in [2.75, 3.05) is 19.7 Å². The van der Waals surface area contributed by atoms with Crippen molar-refractivity contribution in [1.82, 2.24) is 10.6 Å². The lowest BCUT2D eigenvalue weighted by Crippen LogP contribution is -2.34. The van der Waals surface area contributed by atoms with Crippen LogP contribution in [-0.4, -0.2) is 42.8 Å². The van der Waals surface area contributed by atoms with Crippen molar-refractivity contribution in [3.8, 4) is 11.1 Å². The van der Waals surface area contributed by atoms with Crippen LogP contribution in [0.2, 0.25) is 0 Å². The van der Waals surface area contributed by atoms with Crippen LogP contribution in [0.15, 0.2) is 48.5 Å². The molecule has 2 aromatic carbocycles. The number of nitrogens with one attached hydrogen (secondary N) is 2. The van der Waals surface area contributed by atoms with Gasteiger partial charge in [0.15, 0.2) is 0 Å². The highest BCUT2D eigenvalue weighted by Crippen LogP contribution is 2.44. The van der Waals surface area contributed by atoms with Crippen LogP contribution in [0.4, 0.5) is 4.79 Å². The first-order valence-corrected chi connectivity index (χ1v) is 10.1. The SMILES string of the molecule is CC(CCNC(=O)OCC1c2ccccc2-c2ccccc21)C(=O)NCCC(=O)O. The molecule has 0 saturated carbocycles. The summed E-state index contributed by atoms with van der Waals surface area (Å²) in [6.45, 7) is 2.36. The van der Waals surface area contributed by atoms with Gasteiger partial charge in [0, 0.05) is 24.9 Å². The molecule has 3 N–H and O–H groups in total. The van der Waals surface area contributed by atoms with Crippen LogP contribution in [-0.2, 0) is 14.3 Å². The standard InChI is InChI=1S/C23H26N2O5/c1-15(22(28)24-13-11-21(26)27)10-12-25-23(29)30-14-20-18-8-4-2-6-16(18)17-7-3-5-9-19(17)20/h2-9,15,20H,10-14H2,1H3,(H,24,28)(H,25,29)(H,26,27). The van der Waals surface area contributed by atoms with Crippen LogP contribution in [0.1, 0.15) is 36.8 Å². The van der Waals surface area contributed by atoms with Gasteiger partial charge in [0.25, 0.3) is 0 Å². The molecule has 30 heavy (non-hydrogen) atoms. The van der Waals surface area contributed by atoms with Gasteiger partial charge in [0.2, 0.25) is 5.91 Å². The van der Waals surface area contributed by atoms with E-state index in [0.717, 1.165) is 11.1 Å². The van der Waals surface area contributed by atoms with Gasteiger partial charge in [-0.15, -0.1) is 0 Å². The number of alkyl carbamates (subject to hydrolysis) is 1. The zero-order chi connectivity index (χ0) is 21.5. The number of hydrogen-bond acceptors (Lipinski definition) is 4. The molecule has 1 aliphatic carbocycles. The fraction of sp³-hybridized carbons (Fsp3) is 0.348. The summed E-state index contributed by atoms with van der Waals surface area (Å²) in [6.07, 6.45) is -0.199. The zero-order valence-electron chi connectivity index (χ0n) is 16.9. The van der Waals surface area contributed by atoms with E-state index in [4.69, 9.17) is 9.84 Å². The second-order valence-corrected chi connectivity index (χ2v) is 7.38. The minimum atomic E-state index is -0.958. The lowest BCUT2D eigenvalue weighted by molar-refractivity contribution is -0.137. The number of benzene rings is 2. The van der Waals surface area contributed by atoms with Crippen molar-refractivity contribution in [2.24, 2.45) is 5.92 Å². The molecule has 1 aliphatic rings. The summed E-state index contributed by atoms with van der Waals surface area (Å²) in [6, 6.07) is 16.3. The summed E-state index contributed by atoms with van der Waals surface area (Å²) in [7, 11) is 0. The molecule has 0 aliphatic heterocycles. The van der Waals surface area contributed by atoms with E-state index in [9.17, 15) is 14.4 Å². The number of carbonyl (C=O) groups is 3. The first-order valence-electron chi connectivity index (χ1n) is 10.1. The van der Waals surface area contributed by atoms with Crippen LogP contribution in [0.3, 0.4) is 0 Å². The summed E-state index contributed by atoms with van der Waals surface area (Å²) in [4.78, 5) is 34.5. The van der Waals surface area contributed by atoms with Crippen molar-refractivity contribution in [3.05, 3.63) is 59.7 Å². The smallest absolute Gasteiger partial charge is 0.407 e. The highest BCUT2D eigenvalue weighted by Gasteiger charge is 2.29. The number of carboxylic acid groups (broad SMARTS) is 1. The maximum absolute atomic E-state index is 12.1. The first kappa shape index (κ1) is 21.4. The van der Waals surface area contributed by atoms with E-state index in [1.807, 2.05) is 24.3 Å². The van der Waals surface area contributed by atoms with Gasteiger partial charge in [-0.1, -0.05) is 55.5 Å². The largest absolute Gasteiger partial charge is 0.481 e. The molecule has 1 unspecified atom stereocenters. The minimum Gasteiger partial charge on any atom is -0.481 e. The predicted octanol–water partition coefficient (Wildman–Crippen LogP) is 3.14. The van der Waals surface area contributed by atoms with Gasteiger partial charge in [-0.25, -0.2) is 4.79 Å². The molecule has 0 aromatic heterocycles. The van der Waals surface area contributed by atoms with Gasteiger partial charge in [0.05, 0.1) is 6.42 Å². The van der Waals surface area contributed by atoms with Crippen molar-refractivity contribution < 1.29 is 24.2 Å². The number of fused-ring (bicyclic) bond motifs is 3. The number of amides is 2. The number of carbonyl (C=O) groups excluding carboxylic acids is 2. The maximum atomic E-state index is 12.1. The van der Waals surface area contributed by atoms with Crippen LogP contribution in [0, 0.1) is 5.92 Å². The molecular formula is C23H26N2O5. The van der Waals surface area contributed by atoms with Crippen LogP contribution >= 0.6 is 0 Å². The Balaban J connectivity index is 1.44. The van der Waals surface area contributed by atoms with Gasteiger partial charge >= 0.3 is 12.1 Å². The predicted molar refractivity (Wildman–Crippen MR) is 112 cm³/mol. The third-order valence-electron chi connectivity index (χ3n) is 5.28. The fourth-order valence-electron chi connectivity index (χ4n) is 3.64. The molecule has 0 saturated heterocycles. The lowest BCUT2D eigenvalue weighted by Gasteiger charge is -2.15. The summed E-state index contributed by atoms with van der Waals surface area (Å²) in [5.41, 5.74) is 4.64. The lowest BCUT2D eigenvalue weighted by atomic mass is 9.98. The van der Waals surface area contributed by atoms with Gasteiger partial charge in [0.1, 0.15) is 6.61 Å². The molecule has 3 rings (SSSR count). The average Bonchev–Trinajstić information content (AvgIpc) is 3.05. The van der Waals surface area contributed by atoms with Gasteiger partial charge in [-0.05, 0) is 28.7 Å². The van der Waals surface area contributed by atoms with E-state index >= 15 is 0 Å². The molecule has 0 fully saturated rings. The quantitative estimate of drug-likeness (QED) is 0.589. The van der Waals surface area contributed by atoms with Crippen molar-refractivity contribution in [1.29, 1.82) is 0 Å². The minimum absolute atomic E-state index is 0.00193. The van der Waals surface area contributed by atoms with Crippen LogP contribution in [0.25, 0.3) is 11.1 Å². The highest BCUT2D eigenvalue weighted by molar-refractivity contribution is 5.80. The Morgan fingerprint density at radius 3 is 2.17 bits per heavy atom. The second kappa shape index (κ2) is 9.91. The Bertz CT molecular complexity index is 882. The van der Waals surface area contributed by atoms with Crippen molar-refractivity contribution in [2.45, 2.75) is 25.7 Å². The normalized spacial score (nSPS) is 13.1. The first-order chi connectivity index (χ1) is 14.5. The summed E-state index contributed by atoms with van der Waals surface area (Å²) in [5, 5.41) is 13.8. The molecule has 2 amide bonds. The molecule has 158 valence electrons. The second-order valence-electron chi connectivity index (χ2n) is 7.38. The van der Waals surface area contributed by atoms with Crippen LogP contribution in [0.5, 0.6) is 0 Å². The number of aliphatic carboxylic acids is 1. The van der Waals surface area contributed by atoms with Gasteiger partial charge in [-0.2, -0.15) is 0 Å². The third kappa shape index (κ3) is 5.17. The molecule has 0 radical (unpaired) electrons. The van der Waals surface area contributed by atoms with E-state index in [0.29, 0.717) is 13.0 Å². The van der Waals surface area contributed by atoms with E-state index in [-0.39, 0.29) is 37.3 Å². The van der Waals surface area contributed by atoms with Crippen molar-refractivity contribution >= 4 is 18.0 Å². The Morgan fingerprint density at radius 1 is 0.967 bits per heavy atom. The molecule has 0 bridgehead atoms. The zero-order valence-corrected chi connectivity index (χ0v) is 16.9. The monoisotopic (exact) mass is 410 g/mol. The van der Waals surface area contributed by atoms with Gasteiger partial charge in [-0.3, -0.25) is 9.59 Å².